The fraction of sp³-hybridized carbons (Fsp3) is 0. The minimum atomic E-state index is -0.0871. The number of hydrogen-bond acceptors (Lipinski definition) is 3. The van der Waals surface area contributed by atoms with Crippen LogP contribution in [0.4, 0.5) is 0 Å². The molecule has 0 aliphatic carbocycles. The molecular formula is C8H6N2OS. The number of nitrogens with zero attached hydrogens (tertiary/aromatic N) is 2. The topological polar surface area (TPSA) is 34.4 Å². The lowest BCUT2D eigenvalue weighted by Crippen LogP contribution is -2.12. The normalized spacial score (nSPS) is 10.4. The molecule has 0 saturated heterocycles. The Balaban J connectivity index is 3.05. The maximum atomic E-state index is 11.2. The molecule has 0 fully saturated rings. The first-order chi connectivity index (χ1) is 5.79. The summed E-state index contributed by atoms with van der Waals surface area (Å²) in [5.41, 5.74) is 0.504. The molecule has 0 aliphatic heterocycles. The van der Waals surface area contributed by atoms with Crippen molar-refractivity contribution in [3.8, 4) is 0 Å². The van der Waals surface area contributed by atoms with Crippen molar-refractivity contribution in [3.05, 3.63) is 40.9 Å². The maximum Gasteiger partial charge on any atom is 0.257 e. The van der Waals surface area contributed by atoms with Gasteiger partial charge in [0.1, 0.15) is 0 Å². The Labute approximate surface area is 74.1 Å². The molecule has 0 spiro atoms. The summed E-state index contributed by atoms with van der Waals surface area (Å²) in [7, 11) is 0. The van der Waals surface area contributed by atoms with Gasteiger partial charge in [-0.1, -0.05) is 0 Å². The Morgan fingerprint density at radius 1 is 1.42 bits per heavy atom. The molecule has 4 heteroatoms. The van der Waals surface area contributed by atoms with Gasteiger partial charge in [0.05, 0.1) is 0 Å². The van der Waals surface area contributed by atoms with E-state index < -0.39 is 0 Å². The van der Waals surface area contributed by atoms with Crippen molar-refractivity contribution in [3.63, 3.8) is 0 Å². The zero-order valence-electron chi connectivity index (χ0n) is 6.14. The number of hydrogen-bond donors (Lipinski definition) is 1. The fourth-order valence-corrected chi connectivity index (χ4v) is 1.30. The Kier molecular flexibility index (Phi) is 1.62. The Morgan fingerprint density at radius 3 is 3.00 bits per heavy atom. The minimum absolute atomic E-state index is 0.0871. The molecular weight excluding hydrogens is 172 g/mol. The standard InChI is InChI=1S/C8H6N2OS/c11-7-3-4-9-8-6(12)2-1-5-10(7)8/h1-5,12H. The lowest BCUT2D eigenvalue weighted by molar-refractivity contribution is 1.02. The average molecular weight is 178 g/mol. The number of rotatable bonds is 0. The Bertz CT molecular complexity index is 478. The van der Waals surface area contributed by atoms with Gasteiger partial charge in [0.25, 0.3) is 5.56 Å². The second-order valence-electron chi connectivity index (χ2n) is 2.37. The summed E-state index contributed by atoms with van der Waals surface area (Å²) >= 11 is 4.18. The summed E-state index contributed by atoms with van der Waals surface area (Å²) in [6.45, 7) is 0. The van der Waals surface area contributed by atoms with Gasteiger partial charge in [0.2, 0.25) is 0 Å². The molecule has 0 amide bonds. The Hall–Kier alpha value is -1.29. The van der Waals surface area contributed by atoms with Gasteiger partial charge in [0, 0.05) is 23.4 Å². The molecule has 60 valence electrons. The highest BCUT2D eigenvalue weighted by Gasteiger charge is 1.97. The molecule has 2 rings (SSSR count). The third-order valence-electron chi connectivity index (χ3n) is 1.60. The molecule has 0 N–H and O–H groups in total. The van der Waals surface area contributed by atoms with Crippen molar-refractivity contribution in [2.75, 3.05) is 0 Å². The zero-order chi connectivity index (χ0) is 8.55. The third kappa shape index (κ3) is 1.00. The lowest BCUT2D eigenvalue weighted by atomic mass is 10.4. The van der Waals surface area contributed by atoms with E-state index in [-0.39, 0.29) is 5.56 Å². The highest BCUT2D eigenvalue weighted by molar-refractivity contribution is 7.80. The van der Waals surface area contributed by atoms with Gasteiger partial charge >= 0.3 is 0 Å². The lowest BCUT2D eigenvalue weighted by Gasteiger charge is -1.99. The maximum absolute atomic E-state index is 11.2. The minimum Gasteiger partial charge on any atom is -0.269 e. The van der Waals surface area contributed by atoms with Crippen LogP contribution in [0.5, 0.6) is 0 Å². The van der Waals surface area contributed by atoms with Gasteiger partial charge in [-0.15, -0.1) is 12.6 Å². The van der Waals surface area contributed by atoms with Crippen molar-refractivity contribution < 1.29 is 0 Å². The average Bonchev–Trinajstić information content (AvgIpc) is 2.07. The fourth-order valence-electron chi connectivity index (χ4n) is 1.05. The van der Waals surface area contributed by atoms with Crippen LogP contribution >= 0.6 is 12.6 Å². The molecule has 0 radical (unpaired) electrons. The van der Waals surface area contributed by atoms with E-state index >= 15 is 0 Å². The second kappa shape index (κ2) is 2.64. The summed E-state index contributed by atoms with van der Waals surface area (Å²) in [4.78, 5) is 16.0. The van der Waals surface area contributed by atoms with Crippen molar-refractivity contribution in [2.24, 2.45) is 0 Å². The molecule has 2 aromatic heterocycles. The second-order valence-corrected chi connectivity index (χ2v) is 2.85. The quantitative estimate of drug-likeness (QED) is 0.610. The molecule has 3 nitrogen and oxygen atoms in total. The summed E-state index contributed by atoms with van der Waals surface area (Å²) in [6.07, 6.45) is 3.15. The molecule has 2 aromatic rings. The van der Waals surface area contributed by atoms with Crippen molar-refractivity contribution in [1.82, 2.24) is 9.38 Å². The van der Waals surface area contributed by atoms with E-state index in [9.17, 15) is 4.79 Å². The summed E-state index contributed by atoms with van der Waals surface area (Å²) < 4.78 is 1.46. The van der Waals surface area contributed by atoms with E-state index in [1.165, 1.54) is 16.7 Å². The van der Waals surface area contributed by atoms with E-state index in [0.29, 0.717) is 10.5 Å². The highest BCUT2D eigenvalue weighted by atomic mass is 32.1. The van der Waals surface area contributed by atoms with E-state index in [0.717, 1.165) is 0 Å². The smallest absolute Gasteiger partial charge is 0.257 e. The van der Waals surface area contributed by atoms with E-state index in [1.54, 1.807) is 18.3 Å². The van der Waals surface area contributed by atoms with Gasteiger partial charge in [-0.3, -0.25) is 9.20 Å². The first-order valence-electron chi connectivity index (χ1n) is 3.44. The summed E-state index contributed by atoms with van der Waals surface area (Å²) in [6, 6.07) is 4.98. The molecule has 2 heterocycles. The van der Waals surface area contributed by atoms with Crippen LogP contribution in [0.15, 0.2) is 40.3 Å². The van der Waals surface area contributed by atoms with Crippen LogP contribution in [0.2, 0.25) is 0 Å². The van der Waals surface area contributed by atoms with Crippen LogP contribution in [-0.2, 0) is 0 Å². The van der Waals surface area contributed by atoms with Gasteiger partial charge in [0.15, 0.2) is 5.65 Å². The van der Waals surface area contributed by atoms with Crippen molar-refractivity contribution in [2.45, 2.75) is 4.90 Å². The van der Waals surface area contributed by atoms with Crippen LogP contribution in [0.25, 0.3) is 5.65 Å². The van der Waals surface area contributed by atoms with E-state index in [2.05, 4.69) is 17.6 Å². The predicted octanol–water partition coefficient (Wildman–Crippen LogP) is 0.983. The molecule has 0 atom stereocenters. The molecule has 12 heavy (non-hydrogen) atoms. The van der Waals surface area contributed by atoms with E-state index in [1.807, 2.05) is 0 Å². The highest BCUT2D eigenvalue weighted by Crippen LogP contribution is 2.09. The van der Waals surface area contributed by atoms with Crippen LogP contribution in [0.3, 0.4) is 0 Å². The molecule has 0 bridgehead atoms. The number of thiol groups is 1. The monoisotopic (exact) mass is 178 g/mol. The largest absolute Gasteiger partial charge is 0.269 e. The number of pyridine rings is 1. The third-order valence-corrected chi connectivity index (χ3v) is 1.95. The van der Waals surface area contributed by atoms with E-state index in [4.69, 9.17) is 0 Å². The molecule has 0 saturated carbocycles. The number of aromatic nitrogens is 2. The van der Waals surface area contributed by atoms with Gasteiger partial charge < -0.3 is 0 Å². The molecule has 0 unspecified atom stereocenters. The van der Waals surface area contributed by atoms with Gasteiger partial charge in [-0.05, 0) is 12.1 Å². The molecule has 0 aliphatic rings. The zero-order valence-corrected chi connectivity index (χ0v) is 7.03. The summed E-state index contributed by atoms with van der Waals surface area (Å²) in [5.74, 6) is 0. The van der Waals surface area contributed by atoms with Crippen LogP contribution in [-0.4, -0.2) is 9.38 Å². The molecule has 0 aromatic carbocycles. The SMILES string of the molecule is O=c1ccnc2c(S)cccn12. The Morgan fingerprint density at radius 2 is 2.25 bits per heavy atom. The first-order valence-corrected chi connectivity index (χ1v) is 3.89. The van der Waals surface area contributed by atoms with Gasteiger partial charge in [-0.25, -0.2) is 4.98 Å². The van der Waals surface area contributed by atoms with Crippen LogP contribution in [0, 0.1) is 0 Å². The first kappa shape index (κ1) is 7.36. The van der Waals surface area contributed by atoms with Gasteiger partial charge in [-0.2, -0.15) is 0 Å². The summed E-state index contributed by atoms with van der Waals surface area (Å²) in [5, 5.41) is 0. The van der Waals surface area contributed by atoms with Crippen molar-refractivity contribution in [1.29, 1.82) is 0 Å². The van der Waals surface area contributed by atoms with Crippen LogP contribution < -0.4 is 5.56 Å². The predicted molar refractivity (Wildman–Crippen MR) is 48.7 cm³/mol. The number of fused-ring (bicyclic) bond motifs is 1. The van der Waals surface area contributed by atoms with Crippen LogP contribution in [0.1, 0.15) is 0 Å². The van der Waals surface area contributed by atoms with Crippen molar-refractivity contribution >= 4 is 18.3 Å².